The van der Waals surface area contributed by atoms with Crippen LogP contribution in [0, 0.1) is 5.92 Å². The molecule has 3 aromatic rings. The zero-order valence-corrected chi connectivity index (χ0v) is 20.8. The molecule has 0 bridgehead atoms. The van der Waals surface area contributed by atoms with Crippen LogP contribution < -0.4 is 10.1 Å². The standard InChI is InChI=1S/C29H30N4O4/c1-37-25-12-5-4-10-23(25)26(24-11-6-7-15-30-24)31-27(34)20-13-16-32(17-14-20)18-19-33-28(35)21-8-2-3-9-22(21)29(33)36/h2-12,15,20,26H,13-14,16-19H2,1H3,(H,31,34). The second kappa shape index (κ2) is 10.9. The van der Waals surface area contributed by atoms with Crippen molar-refractivity contribution in [3.8, 4) is 5.75 Å². The molecular weight excluding hydrogens is 468 g/mol. The third kappa shape index (κ3) is 5.11. The average Bonchev–Trinajstić information content (AvgIpc) is 3.20. The van der Waals surface area contributed by atoms with E-state index in [4.69, 9.17) is 4.74 Å². The normalized spacial score (nSPS) is 16.9. The second-order valence-corrected chi connectivity index (χ2v) is 9.36. The van der Waals surface area contributed by atoms with Gasteiger partial charge >= 0.3 is 0 Å². The summed E-state index contributed by atoms with van der Waals surface area (Å²) in [5.74, 6) is 0.0954. The molecule has 1 atom stereocenters. The first-order valence-corrected chi connectivity index (χ1v) is 12.6. The Kier molecular flexibility index (Phi) is 7.28. The van der Waals surface area contributed by atoms with Crippen molar-refractivity contribution in [1.29, 1.82) is 0 Å². The molecule has 0 radical (unpaired) electrons. The molecule has 37 heavy (non-hydrogen) atoms. The molecule has 3 heterocycles. The zero-order chi connectivity index (χ0) is 25.8. The number of nitrogens with one attached hydrogen (secondary N) is 1. The number of nitrogens with zero attached hydrogens (tertiary/aromatic N) is 3. The van der Waals surface area contributed by atoms with Gasteiger partial charge < -0.3 is 15.0 Å². The van der Waals surface area contributed by atoms with Crippen LogP contribution in [-0.4, -0.2) is 65.8 Å². The molecule has 1 aromatic heterocycles. The van der Waals surface area contributed by atoms with Crippen LogP contribution in [0.25, 0.3) is 0 Å². The first kappa shape index (κ1) is 24.6. The lowest BCUT2D eigenvalue weighted by atomic mass is 9.94. The highest BCUT2D eigenvalue weighted by molar-refractivity contribution is 6.21. The molecule has 190 valence electrons. The van der Waals surface area contributed by atoms with Crippen molar-refractivity contribution < 1.29 is 19.1 Å². The van der Waals surface area contributed by atoms with E-state index in [1.165, 1.54) is 4.90 Å². The minimum Gasteiger partial charge on any atom is -0.496 e. The Bertz CT molecular complexity index is 1250. The van der Waals surface area contributed by atoms with Crippen LogP contribution in [0.1, 0.15) is 50.9 Å². The monoisotopic (exact) mass is 498 g/mol. The van der Waals surface area contributed by atoms with E-state index >= 15 is 0 Å². The number of ether oxygens (including phenoxy) is 1. The number of imide groups is 1. The third-order valence-electron chi connectivity index (χ3n) is 7.20. The van der Waals surface area contributed by atoms with Gasteiger partial charge in [0.05, 0.1) is 30.0 Å². The van der Waals surface area contributed by atoms with Gasteiger partial charge in [0.1, 0.15) is 5.75 Å². The van der Waals surface area contributed by atoms with Crippen molar-refractivity contribution in [2.75, 3.05) is 33.3 Å². The van der Waals surface area contributed by atoms with E-state index in [9.17, 15) is 14.4 Å². The van der Waals surface area contributed by atoms with Gasteiger partial charge in [-0.05, 0) is 56.3 Å². The predicted octanol–water partition coefficient (Wildman–Crippen LogP) is 3.30. The fourth-order valence-corrected chi connectivity index (χ4v) is 5.13. The van der Waals surface area contributed by atoms with Gasteiger partial charge in [0, 0.05) is 30.8 Å². The number of piperidine rings is 1. The number of rotatable bonds is 8. The second-order valence-electron chi connectivity index (χ2n) is 9.36. The van der Waals surface area contributed by atoms with E-state index < -0.39 is 6.04 Å². The number of pyridine rings is 1. The number of fused-ring (bicyclic) bond motifs is 1. The van der Waals surface area contributed by atoms with Gasteiger partial charge in [-0.3, -0.25) is 24.3 Å². The van der Waals surface area contributed by atoms with Gasteiger partial charge in [0.25, 0.3) is 11.8 Å². The largest absolute Gasteiger partial charge is 0.496 e. The van der Waals surface area contributed by atoms with Gasteiger partial charge in [0.15, 0.2) is 0 Å². The fourth-order valence-electron chi connectivity index (χ4n) is 5.13. The summed E-state index contributed by atoms with van der Waals surface area (Å²) in [6.07, 6.45) is 3.13. The molecule has 3 amide bonds. The third-order valence-corrected chi connectivity index (χ3v) is 7.20. The number of hydrogen-bond acceptors (Lipinski definition) is 6. The quantitative estimate of drug-likeness (QED) is 0.479. The average molecular weight is 499 g/mol. The van der Waals surface area contributed by atoms with E-state index in [2.05, 4.69) is 15.2 Å². The molecule has 2 aromatic carbocycles. The lowest BCUT2D eigenvalue weighted by molar-refractivity contribution is -0.127. The molecule has 1 saturated heterocycles. The number of hydrogen-bond donors (Lipinski definition) is 1. The first-order valence-electron chi connectivity index (χ1n) is 12.6. The Morgan fingerprint density at radius 1 is 0.946 bits per heavy atom. The van der Waals surface area contributed by atoms with Crippen molar-refractivity contribution in [2.45, 2.75) is 18.9 Å². The van der Waals surface area contributed by atoms with E-state index in [0.717, 1.165) is 24.3 Å². The Balaban J connectivity index is 1.19. The fraction of sp³-hybridized carbons (Fsp3) is 0.310. The van der Waals surface area contributed by atoms with Crippen molar-refractivity contribution in [3.05, 3.63) is 95.3 Å². The molecule has 1 unspecified atom stereocenters. The van der Waals surface area contributed by atoms with Crippen LogP contribution in [0.15, 0.2) is 72.9 Å². The predicted molar refractivity (Wildman–Crippen MR) is 138 cm³/mol. The maximum atomic E-state index is 13.3. The molecule has 5 rings (SSSR count). The lowest BCUT2D eigenvalue weighted by Crippen LogP contribution is -2.44. The van der Waals surface area contributed by atoms with E-state index in [0.29, 0.717) is 42.8 Å². The van der Waals surface area contributed by atoms with Crippen molar-refractivity contribution in [1.82, 2.24) is 20.1 Å². The van der Waals surface area contributed by atoms with Crippen LogP contribution >= 0.6 is 0 Å². The summed E-state index contributed by atoms with van der Waals surface area (Å²) in [4.78, 5) is 46.6. The molecule has 0 saturated carbocycles. The summed E-state index contributed by atoms with van der Waals surface area (Å²) in [7, 11) is 1.62. The van der Waals surface area contributed by atoms with Gasteiger partial charge in [-0.15, -0.1) is 0 Å². The molecule has 0 spiro atoms. The number of para-hydroxylation sites is 1. The Morgan fingerprint density at radius 3 is 2.24 bits per heavy atom. The molecule has 1 fully saturated rings. The number of benzene rings is 2. The highest BCUT2D eigenvalue weighted by Gasteiger charge is 2.35. The summed E-state index contributed by atoms with van der Waals surface area (Å²) in [6, 6.07) is 19.8. The molecule has 8 nitrogen and oxygen atoms in total. The Labute approximate surface area is 216 Å². The number of carbonyl (C=O) groups excluding carboxylic acids is 3. The van der Waals surface area contributed by atoms with Crippen LogP contribution in [-0.2, 0) is 4.79 Å². The molecule has 8 heteroatoms. The number of amides is 3. The number of aromatic nitrogens is 1. The smallest absolute Gasteiger partial charge is 0.261 e. The zero-order valence-electron chi connectivity index (χ0n) is 20.8. The first-order chi connectivity index (χ1) is 18.1. The lowest BCUT2D eigenvalue weighted by Gasteiger charge is -2.33. The maximum Gasteiger partial charge on any atom is 0.261 e. The topological polar surface area (TPSA) is 91.8 Å². The molecule has 0 aliphatic carbocycles. The van der Waals surface area contributed by atoms with Crippen molar-refractivity contribution in [2.24, 2.45) is 5.92 Å². The Morgan fingerprint density at radius 2 is 1.59 bits per heavy atom. The summed E-state index contributed by atoms with van der Waals surface area (Å²) >= 11 is 0. The van der Waals surface area contributed by atoms with Gasteiger partial charge in [-0.2, -0.15) is 0 Å². The van der Waals surface area contributed by atoms with E-state index in [1.807, 2.05) is 42.5 Å². The highest BCUT2D eigenvalue weighted by Crippen LogP contribution is 2.30. The number of carbonyl (C=O) groups is 3. The highest BCUT2D eigenvalue weighted by atomic mass is 16.5. The molecule has 2 aliphatic rings. The minimum absolute atomic E-state index is 0.0124. The van der Waals surface area contributed by atoms with Crippen LogP contribution in [0.4, 0.5) is 0 Å². The SMILES string of the molecule is COc1ccccc1C(NC(=O)C1CCN(CCN2C(=O)c3ccccc3C2=O)CC1)c1ccccn1. The van der Waals surface area contributed by atoms with Crippen LogP contribution in [0.2, 0.25) is 0 Å². The molecule has 1 N–H and O–H groups in total. The van der Waals surface area contributed by atoms with Crippen LogP contribution in [0.5, 0.6) is 5.75 Å². The van der Waals surface area contributed by atoms with E-state index in [1.54, 1.807) is 37.6 Å². The van der Waals surface area contributed by atoms with E-state index in [-0.39, 0.29) is 23.6 Å². The Hall–Kier alpha value is -4.04. The van der Waals surface area contributed by atoms with Crippen molar-refractivity contribution >= 4 is 17.7 Å². The van der Waals surface area contributed by atoms with Gasteiger partial charge in [0.2, 0.25) is 5.91 Å². The van der Waals surface area contributed by atoms with Crippen molar-refractivity contribution in [3.63, 3.8) is 0 Å². The van der Waals surface area contributed by atoms with Gasteiger partial charge in [-0.25, -0.2) is 0 Å². The molecule has 2 aliphatic heterocycles. The minimum atomic E-state index is -0.420. The number of methoxy groups -OCH3 is 1. The summed E-state index contributed by atoms with van der Waals surface area (Å²) in [5.41, 5.74) is 2.55. The number of likely N-dealkylation sites (tertiary alicyclic amines) is 1. The molecular formula is C29H30N4O4. The summed E-state index contributed by atoms with van der Waals surface area (Å²) in [6.45, 7) is 2.39. The van der Waals surface area contributed by atoms with Gasteiger partial charge in [-0.1, -0.05) is 36.4 Å². The summed E-state index contributed by atoms with van der Waals surface area (Å²) in [5, 5.41) is 3.21. The van der Waals surface area contributed by atoms with Crippen LogP contribution in [0.3, 0.4) is 0 Å². The maximum absolute atomic E-state index is 13.3. The summed E-state index contributed by atoms with van der Waals surface area (Å²) < 4.78 is 5.56.